The zero-order valence-corrected chi connectivity index (χ0v) is 71.4. The van der Waals surface area contributed by atoms with E-state index in [1.807, 2.05) is 91.0 Å². The normalized spacial score (nSPS) is 22.8. The minimum atomic E-state index is -5.05. The van der Waals surface area contributed by atoms with Gasteiger partial charge in [0.15, 0.2) is 0 Å². The molecule has 3 aliphatic heterocycles. The summed E-state index contributed by atoms with van der Waals surface area (Å²) in [6.07, 6.45) is -19.6. The van der Waals surface area contributed by atoms with Crippen LogP contribution in [0.15, 0.2) is 146 Å². The van der Waals surface area contributed by atoms with Crippen LogP contribution in [-0.4, -0.2) is 130 Å². The van der Waals surface area contributed by atoms with Crippen molar-refractivity contribution < 1.29 is 132 Å². The average Bonchev–Trinajstić information content (AvgIpc) is 0.873. The first-order valence-corrected chi connectivity index (χ1v) is 42.3. The number of likely N-dealkylation sites (tertiary alicyclic amines) is 2. The van der Waals surface area contributed by atoms with E-state index < -0.39 is 146 Å². The minimum absolute atomic E-state index is 0.000691. The molecular formula is C91H105F18N9O11. The van der Waals surface area contributed by atoms with Crippen LogP contribution in [0.5, 0.6) is 0 Å². The summed E-state index contributed by atoms with van der Waals surface area (Å²) < 4.78 is 245. The molecule has 0 bridgehead atoms. The summed E-state index contributed by atoms with van der Waals surface area (Å²) in [5.41, 5.74) is -3.90. The number of hydrogen-bond donors (Lipinski definition) is 8. The second-order valence-electron chi connectivity index (χ2n) is 35.2. The number of rotatable bonds is 17. The lowest BCUT2D eigenvalue weighted by Gasteiger charge is -2.34. The van der Waals surface area contributed by atoms with E-state index in [0.717, 1.165) is 55.2 Å². The Kier molecular flexibility index (Phi) is 34.0. The van der Waals surface area contributed by atoms with Gasteiger partial charge >= 0.3 is 55.2 Å². The number of carboxylic acids is 1. The largest absolute Gasteiger partial charge is 0.480 e. The first-order chi connectivity index (χ1) is 60.1. The van der Waals surface area contributed by atoms with Crippen molar-refractivity contribution in [2.24, 2.45) is 23.5 Å². The van der Waals surface area contributed by atoms with Crippen LogP contribution >= 0.6 is 0 Å². The first kappa shape index (κ1) is 102. The van der Waals surface area contributed by atoms with E-state index in [2.05, 4.69) is 31.9 Å². The fourth-order valence-corrected chi connectivity index (χ4v) is 16.5. The second-order valence-corrected chi connectivity index (χ2v) is 35.2. The molecular weight excluding hydrogens is 1740 g/mol. The Morgan fingerprint density at radius 3 is 0.953 bits per heavy atom. The Bertz CT molecular complexity index is 4690. The SMILES string of the molecule is CC(C)(C)OC(=O)N1[C@@H](C(=O)NC2CCC(CNC(=O)c3cc(C(F)(F)F)cc(C(F)(F)F)c3)CC2)CC[C@H]1c1ccccc1.CC(C)(C)OC(=O)N1[C@@H](C(=O)O)CC[C@H]1c1ccccc1.NC1CCC(CNC(=O)c2cc(C(F)(F)F)cc(C(F)(F)F)c2)CC1.O=C(NCC1CCC(NC(=O)[C@H]2CC[C@@H](c3ccccc3)N2)CC1)c1cc(C(F)(F)F)cc(C(F)(F)F)c1. The molecule has 0 radical (unpaired) electrons. The van der Waals surface area contributed by atoms with Crippen LogP contribution in [0.1, 0.15) is 256 Å². The first-order valence-electron chi connectivity index (χ1n) is 42.3. The van der Waals surface area contributed by atoms with Gasteiger partial charge in [-0.2, -0.15) is 79.0 Å². The van der Waals surface area contributed by atoms with E-state index in [-0.39, 0.29) is 110 Å². The summed E-state index contributed by atoms with van der Waals surface area (Å²) in [6, 6.07) is 29.0. The van der Waals surface area contributed by atoms with Crippen LogP contribution in [0.4, 0.5) is 88.6 Å². The molecule has 3 saturated heterocycles. The van der Waals surface area contributed by atoms with E-state index in [4.69, 9.17) is 15.2 Å². The molecule has 6 aliphatic rings. The van der Waals surface area contributed by atoms with E-state index in [0.29, 0.717) is 113 Å². The van der Waals surface area contributed by atoms with Gasteiger partial charge in [0, 0.05) is 60.5 Å². The van der Waals surface area contributed by atoms with E-state index in [1.54, 1.807) is 41.5 Å². The molecule has 6 aromatic carbocycles. The molecule has 6 atom stereocenters. The van der Waals surface area contributed by atoms with Crippen LogP contribution in [0, 0.1) is 17.8 Å². The third-order valence-electron chi connectivity index (χ3n) is 23.1. The van der Waals surface area contributed by atoms with Crippen molar-refractivity contribution in [3.63, 3.8) is 0 Å². The molecule has 9 N–H and O–H groups in total. The Morgan fingerprint density at radius 2 is 0.651 bits per heavy atom. The molecule has 3 heterocycles. The maximum Gasteiger partial charge on any atom is 0.416 e. The van der Waals surface area contributed by atoms with Crippen molar-refractivity contribution in [1.29, 1.82) is 0 Å². The molecule has 706 valence electrons. The lowest BCUT2D eigenvalue weighted by Crippen LogP contribution is -2.51. The fraction of sp³-hybridized carbons (Fsp3) is 0.516. The second kappa shape index (κ2) is 42.9. The fourth-order valence-electron chi connectivity index (χ4n) is 16.5. The highest BCUT2D eigenvalue weighted by Crippen LogP contribution is 2.44. The van der Waals surface area contributed by atoms with Crippen LogP contribution in [0.2, 0.25) is 0 Å². The highest BCUT2D eigenvalue weighted by Gasteiger charge is 2.48. The van der Waals surface area contributed by atoms with Crippen molar-refractivity contribution in [2.45, 2.75) is 260 Å². The summed E-state index contributed by atoms with van der Waals surface area (Å²) in [6.45, 7) is 11.0. The van der Waals surface area contributed by atoms with Crippen molar-refractivity contribution in [3.05, 3.63) is 212 Å². The number of benzene rings is 6. The topological polar surface area (TPSA) is 280 Å². The van der Waals surface area contributed by atoms with Crippen LogP contribution in [0.25, 0.3) is 0 Å². The predicted octanol–water partition coefficient (Wildman–Crippen LogP) is 20.1. The van der Waals surface area contributed by atoms with Crippen molar-refractivity contribution in [1.82, 2.24) is 41.7 Å². The van der Waals surface area contributed by atoms with Crippen LogP contribution in [0.3, 0.4) is 0 Å². The van der Waals surface area contributed by atoms with Crippen molar-refractivity contribution >= 4 is 47.7 Å². The van der Waals surface area contributed by atoms with Gasteiger partial charge in [0.05, 0.1) is 51.5 Å². The van der Waals surface area contributed by atoms with Gasteiger partial charge in [0.2, 0.25) is 11.8 Å². The molecule has 0 aromatic heterocycles. The molecule has 0 unspecified atom stereocenters. The third kappa shape index (κ3) is 30.2. The zero-order valence-electron chi connectivity index (χ0n) is 71.4. The van der Waals surface area contributed by atoms with Gasteiger partial charge in [-0.05, 0) is 246 Å². The van der Waals surface area contributed by atoms with Gasteiger partial charge in [0.25, 0.3) is 17.7 Å². The van der Waals surface area contributed by atoms with E-state index in [1.165, 1.54) is 9.80 Å². The summed E-state index contributed by atoms with van der Waals surface area (Å²) in [5.74, 6) is -4.25. The lowest BCUT2D eigenvalue weighted by molar-refractivity contribution is -0.144. The predicted molar refractivity (Wildman–Crippen MR) is 438 cm³/mol. The molecule has 3 aliphatic carbocycles. The molecule has 38 heteroatoms. The summed E-state index contributed by atoms with van der Waals surface area (Å²) in [4.78, 5) is 103. The molecule has 6 fully saturated rings. The number of aliphatic carboxylic acids is 1. The van der Waals surface area contributed by atoms with Gasteiger partial charge < -0.3 is 46.9 Å². The van der Waals surface area contributed by atoms with Gasteiger partial charge in [-0.1, -0.05) is 91.0 Å². The highest BCUT2D eigenvalue weighted by molar-refractivity contribution is 5.96. The molecule has 129 heavy (non-hydrogen) atoms. The molecule has 20 nitrogen and oxygen atoms in total. The molecule has 12 rings (SSSR count). The third-order valence-corrected chi connectivity index (χ3v) is 23.1. The van der Waals surface area contributed by atoms with E-state index >= 15 is 0 Å². The number of carboxylic acid groups (broad SMARTS) is 1. The number of alkyl halides is 18. The zero-order chi connectivity index (χ0) is 95.1. The summed E-state index contributed by atoms with van der Waals surface area (Å²) in [7, 11) is 0. The Balaban J connectivity index is 0.000000202. The summed E-state index contributed by atoms with van der Waals surface area (Å²) in [5, 5.41) is 26.2. The number of nitrogens with one attached hydrogen (secondary N) is 6. The standard InChI is InChI=1S/C32H37F6N3O4.C27H29F6N3O2.C16H18F6N2O.C16H21NO4/c1-30(2,3)45-29(44)41-25(20-7-5-4-6-8-20)13-14-26(41)28(43)40-24-11-9-19(10-12-24)18-39-27(42)21-15-22(31(33,34)35)17-23(16-21)32(36,37)38;28-26(29,30)19-12-18(13-20(14-19)27(31,32)33)24(37)34-15-16-6-8-21(9-7-16)35-25(38)23-11-10-22(36-23)17-4-2-1-3-5-17;17-15(18,19)11-5-10(6-12(7-11)16(20,21)22)14(25)24-8-9-1-3-13(23)4-2-9;1-16(2,3)21-15(20)17-12(9-10-13(17)14(18)19)11-7-5-4-6-8-11/h4-8,15-17,19,24-26H,9-14,18H2,1-3H3,(H,39,42)(H,40,43);1-5,12-14,16,21-23,36H,6-11,15H2,(H,34,37)(H,35,38);5-7,9,13H,1-4,8,23H2,(H,24,25);4-8,12-13H,9-10H2,1-3H3,(H,18,19)/t19?,24?,25-,26+;16?,21?,22-,23+;;12-,13+/m00.0/s1. The quantitative estimate of drug-likeness (QED) is 0.0395. The highest BCUT2D eigenvalue weighted by atomic mass is 19.4. The van der Waals surface area contributed by atoms with Gasteiger partial charge in [-0.15, -0.1) is 0 Å². The number of carbonyl (C=O) groups excluding carboxylic acids is 7. The Labute approximate surface area is 733 Å². The number of amides is 7. The minimum Gasteiger partial charge on any atom is -0.480 e. The average molecular weight is 1840 g/mol. The van der Waals surface area contributed by atoms with E-state index in [9.17, 15) is 122 Å². The monoisotopic (exact) mass is 1840 g/mol. The molecule has 6 aromatic rings. The number of nitrogens with zero attached hydrogens (tertiary/aromatic N) is 2. The number of hydrogen-bond acceptors (Lipinski definition) is 12. The number of halogens is 18. The Hall–Kier alpha value is -10.7. The van der Waals surface area contributed by atoms with Crippen LogP contribution < -0.4 is 37.6 Å². The van der Waals surface area contributed by atoms with Gasteiger partial charge in [0.1, 0.15) is 23.3 Å². The van der Waals surface area contributed by atoms with Crippen molar-refractivity contribution in [2.75, 3.05) is 19.6 Å². The maximum absolute atomic E-state index is 13.4. The van der Waals surface area contributed by atoms with Crippen LogP contribution in [-0.2, 0) is 60.9 Å². The summed E-state index contributed by atoms with van der Waals surface area (Å²) >= 11 is 0. The van der Waals surface area contributed by atoms with Crippen molar-refractivity contribution in [3.8, 4) is 0 Å². The lowest BCUT2D eigenvalue weighted by atomic mass is 9.85. The molecule has 3 saturated carbocycles. The Morgan fingerprint density at radius 1 is 0.364 bits per heavy atom. The number of nitrogens with two attached hydrogens (primary N) is 1. The maximum atomic E-state index is 13.4. The smallest absolute Gasteiger partial charge is 0.416 e. The number of ether oxygens (including phenoxy) is 2. The van der Waals surface area contributed by atoms with Gasteiger partial charge in [-0.25, -0.2) is 14.4 Å². The molecule has 7 amide bonds. The number of carbonyl (C=O) groups is 8. The van der Waals surface area contributed by atoms with Gasteiger partial charge in [-0.3, -0.25) is 39.1 Å². The molecule has 0 spiro atoms.